The van der Waals surface area contributed by atoms with Gasteiger partial charge in [-0.1, -0.05) is 25.0 Å². The first-order valence-electron chi connectivity index (χ1n) is 6.93. The fourth-order valence-electron chi connectivity index (χ4n) is 2.03. The minimum absolute atomic E-state index is 0.820. The van der Waals surface area contributed by atoms with Crippen molar-refractivity contribution in [1.29, 1.82) is 0 Å². The van der Waals surface area contributed by atoms with Gasteiger partial charge in [0.15, 0.2) is 0 Å². The molecule has 0 radical (unpaired) electrons. The third-order valence-corrected chi connectivity index (χ3v) is 3.04. The van der Waals surface area contributed by atoms with Gasteiger partial charge in [0.05, 0.1) is 0 Å². The van der Waals surface area contributed by atoms with Crippen LogP contribution < -0.4 is 11.1 Å². The minimum atomic E-state index is 0.820. The second-order valence-corrected chi connectivity index (χ2v) is 4.97. The normalized spacial score (nSPS) is 23.8. The molecule has 0 aromatic carbocycles. The lowest BCUT2D eigenvalue weighted by molar-refractivity contribution is 0.503. The molecule has 0 amide bonds. The molecule has 102 valence electrons. The van der Waals surface area contributed by atoms with Crippen LogP contribution in [0.1, 0.15) is 39.0 Å². The zero-order chi connectivity index (χ0) is 13.2. The Hall–Kier alpha value is -1.22. The molecule has 1 heterocycles. The Morgan fingerprint density at radius 2 is 2.06 bits per heavy atom. The van der Waals surface area contributed by atoms with Crippen molar-refractivity contribution >= 4 is 0 Å². The molecular weight excluding hydrogens is 222 g/mol. The standard InChI is InChI=1S/C15H27N3/c1-14-13-18(2)11-7-9-15(12-17-14)8-5-3-4-6-10-16/h7,9,12-13,17H,3-6,8,10-11,16H2,1-2H3/b9-7-,14-13-,15-12-. The predicted octanol–water partition coefficient (Wildman–Crippen LogP) is 2.73. The van der Waals surface area contributed by atoms with Crippen LogP contribution in [0, 0.1) is 0 Å². The fourth-order valence-corrected chi connectivity index (χ4v) is 2.03. The molecule has 0 unspecified atom stereocenters. The van der Waals surface area contributed by atoms with E-state index in [1.807, 2.05) is 0 Å². The Bertz CT molecular complexity index is 316. The number of hydrogen-bond donors (Lipinski definition) is 2. The first kappa shape index (κ1) is 14.8. The van der Waals surface area contributed by atoms with E-state index < -0.39 is 0 Å². The molecule has 0 atom stereocenters. The van der Waals surface area contributed by atoms with E-state index in [-0.39, 0.29) is 0 Å². The van der Waals surface area contributed by atoms with E-state index in [1.165, 1.54) is 30.5 Å². The van der Waals surface area contributed by atoms with Gasteiger partial charge in [0, 0.05) is 31.7 Å². The molecule has 0 saturated carbocycles. The quantitative estimate of drug-likeness (QED) is 0.711. The van der Waals surface area contributed by atoms with E-state index in [1.54, 1.807) is 0 Å². The average Bonchev–Trinajstić information content (AvgIpc) is 2.41. The van der Waals surface area contributed by atoms with Crippen molar-refractivity contribution in [3.63, 3.8) is 0 Å². The van der Waals surface area contributed by atoms with E-state index in [9.17, 15) is 0 Å². The van der Waals surface area contributed by atoms with Crippen molar-refractivity contribution < 1.29 is 0 Å². The zero-order valence-corrected chi connectivity index (χ0v) is 11.8. The predicted molar refractivity (Wildman–Crippen MR) is 78.9 cm³/mol. The maximum absolute atomic E-state index is 5.49. The van der Waals surface area contributed by atoms with Crippen LogP contribution in [-0.4, -0.2) is 25.0 Å². The van der Waals surface area contributed by atoms with Gasteiger partial charge in [-0.2, -0.15) is 0 Å². The summed E-state index contributed by atoms with van der Waals surface area (Å²) in [5.74, 6) is 0. The van der Waals surface area contributed by atoms with Crippen molar-refractivity contribution in [1.82, 2.24) is 10.2 Å². The summed E-state index contributed by atoms with van der Waals surface area (Å²) < 4.78 is 0. The lowest BCUT2D eigenvalue weighted by Crippen LogP contribution is -2.13. The average molecular weight is 249 g/mol. The highest BCUT2D eigenvalue weighted by Gasteiger charge is 1.98. The number of unbranched alkanes of at least 4 members (excludes halogenated alkanes) is 3. The second-order valence-electron chi connectivity index (χ2n) is 4.97. The summed E-state index contributed by atoms with van der Waals surface area (Å²) in [6, 6.07) is 0. The Balaban J connectivity index is 2.39. The summed E-state index contributed by atoms with van der Waals surface area (Å²) in [4.78, 5) is 2.18. The molecule has 1 aliphatic heterocycles. The summed E-state index contributed by atoms with van der Waals surface area (Å²) in [5.41, 5.74) is 8.06. The van der Waals surface area contributed by atoms with Crippen molar-refractivity contribution in [2.75, 3.05) is 20.1 Å². The van der Waals surface area contributed by atoms with Crippen LogP contribution in [0.3, 0.4) is 0 Å². The molecule has 3 N–H and O–H groups in total. The molecule has 0 spiro atoms. The first-order valence-corrected chi connectivity index (χ1v) is 6.93. The van der Waals surface area contributed by atoms with Crippen LogP contribution in [0.25, 0.3) is 0 Å². The molecular formula is C15H27N3. The van der Waals surface area contributed by atoms with E-state index in [0.717, 1.165) is 25.9 Å². The highest BCUT2D eigenvalue weighted by Crippen LogP contribution is 2.12. The molecule has 0 aromatic heterocycles. The number of likely N-dealkylation sites (N-methyl/N-ethyl adjacent to an activating group) is 1. The molecule has 1 rings (SSSR count). The third-order valence-electron chi connectivity index (χ3n) is 3.04. The Labute approximate surface area is 111 Å². The van der Waals surface area contributed by atoms with Gasteiger partial charge in [0.2, 0.25) is 0 Å². The molecule has 3 heteroatoms. The lowest BCUT2D eigenvalue weighted by Gasteiger charge is -2.11. The number of nitrogens with zero attached hydrogens (tertiary/aromatic N) is 1. The molecule has 1 aliphatic rings. The number of nitrogens with two attached hydrogens (primary N) is 1. The summed E-state index contributed by atoms with van der Waals surface area (Å²) in [7, 11) is 2.09. The van der Waals surface area contributed by atoms with E-state index in [2.05, 4.69) is 48.7 Å². The van der Waals surface area contributed by atoms with Crippen molar-refractivity contribution in [3.8, 4) is 0 Å². The van der Waals surface area contributed by atoms with Crippen LogP contribution in [0.5, 0.6) is 0 Å². The van der Waals surface area contributed by atoms with Crippen LogP contribution in [0.4, 0.5) is 0 Å². The van der Waals surface area contributed by atoms with Crippen LogP contribution in [-0.2, 0) is 0 Å². The lowest BCUT2D eigenvalue weighted by atomic mass is 10.1. The molecule has 0 bridgehead atoms. The van der Waals surface area contributed by atoms with Crippen molar-refractivity contribution in [2.24, 2.45) is 5.73 Å². The SMILES string of the molecule is C/C1=C/N(C)C/C=C\C(CCCCCCN)=C/N1. The van der Waals surface area contributed by atoms with E-state index in [4.69, 9.17) is 5.73 Å². The monoisotopic (exact) mass is 249 g/mol. The van der Waals surface area contributed by atoms with Gasteiger partial charge in [0.1, 0.15) is 0 Å². The van der Waals surface area contributed by atoms with Crippen LogP contribution in [0.2, 0.25) is 0 Å². The van der Waals surface area contributed by atoms with Gasteiger partial charge in [-0.05, 0) is 38.3 Å². The highest BCUT2D eigenvalue weighted by atomic mass is 15.1. The van der Waals surface area contributed by atoms with Crippen molar-refractivity contribution in [2.45, 2.75) is 39.0 Å². The molecule has 18 heavy (non-hydrogen) atoms. The minimum Gasteiger partial charge on any atom is -0.375 e. The van der Waals surface area contributed by atoms with E-state index >= 15 is 0 Å². The molecule has 0 fully saturated rings. The van der Waals surface area contributed by atoms with Gasteiger partial charge in [-0.15, -0.1) is 0 Å². The smallest absolute Gasteiger partial charge is 0.0354 e. The fraction of sp³-hybridized carbons (Fsp3) is 0.600. The second kappa shape index (κ2) is 8.81. The Morgan fingerprint density at radius 1 is 1.28 bits per heavy atom. The van der Waals surface area contributed by atoms with Gasteiger partial charge in [0.25, 0.3) is 0 Å². The Morgan fingerprint density at radius 3 is 2.83 bits per heavy atom. The summed E-state index contributed by atoms with van der Waals surface area (Å²) >= 11 is 0. The maximum Gasteiger partial charge on any atom is 0.0354 e. The third kappa shape index (κ3) is 6.50. The van der Waals surface area contributed by atoms with Crippen molar-refractivity contribution in [3.05, 3.63) is 35.8 Å². The van der Waals surface area contributed by atoms with Gasteiger partial charge < -0.3 is 16.0 Å². The van der Waals surface area contributed by atoms with Crippen LogP contribution >= 0.6 is 0 Å². The zero-order valence-electron chi connectivity index (χ0n) is 11.8. The topological polar surface area (TPSA) is 41.3 Å². The Kier molecular flexibility index (Phi) is 7.26. The summed E-state index contributed by atoms with van der Waals surface area (Å²) in [5, 5.41) is 3.34. The molecule has 0 saturated heterocycles. The summed E-state index contributed by atoms with van der Waals surface area (Å²) in [6.07, 6.45) is 14.8. The molecule has 0 aliphatic carbocycles. The summed E-state index contributed by atoms with van der Waals surface area (Å²) in [6.45, 7) is 3.88. The van der Waals surface area contributed by atoms with Gasteiger partial charge in [-0.25, -0.2) is 0 Å². The van der Waals surface area contributed by atoms with Gasteiger partial charge >= 0.3 is 0 Å². The first-order chi connectivity index (χ1) is 8.72. The van der Waals surface area contributed by atoms with Gasteiger partial charge in [-0.3, -0.25) is 0 Å². The molecule has 0 aromatic rings. The van der Waals surface area contributed by atoms with E-state index in [0.29, 0.717) is 0 Å². The maximum atomic E-state index is 5.49. The number of allylic oxidation sites excluding steroid dienone is 3. The number of hydrogen-bond acceptors (Lipinski definition) is 3. The number of rotatable bonds is 6. The van der Waals surface area contributed by atoms with Crippen LogP contribution in [0.15, 0.2) is 35.8 Å². The number of nitrogens with one attached hydrogen (secondary N) is 1. The largest absolute Gasteiger partial charge is 0.375 e. The molecule has 3 nitrogen and oxygen atoms in total. The highest BCUT2D eigenvalue weighted by molar-refractivity contribution is 5.21.